The van der Waals surface area contributed by atoms with E-state index in [9.17, 15) is 9.59 Å². The van der Waals surface area contributed by atoms with Crippen LogP contribution in [0.15, 0.2) is 40.3 Å². The third-order valence-electron chi connectivity index (χ3n) is 6.72. The number of thiophene rings is 1. The molecule has 1 saturated heterocycles. The van der Waals surface area contributed by atoms with Crippen molar-refractivity contribution in [3.63, 3.8) is 0 Å². The minimum atomic E-state index is -0.282. The maximum atomic E-state index is 13.2. The molecular weight excluding hydrogens is 452 g/mol. The van der Waals surface area contributed by atoms with Gasteiger partial charge >= 0.3 is 0 Å². The average Bonchev–Trinajstić information content (AvgIpc) is 3.21. The van der Waals surface area contributed by atoms with Crippen LogP contribution in [0.25, 0.3) is 10.2 Å². The van der Waals surface area contributed by atoms with Gasteiger partial charge in [0.2, 0.25) is 5.91 Å². The van der Waals surface area contributed by atoms with Crippen LogP contribution in [0.4, 0.5) is 0 Å². The van der Waals surface area contributed by atoms with Gasteiger partial charge in [-0.25, -0.2) is 4.98 Å². The van der Waals surface area contributed by atoms with E-state index in [1.165, 1.54) is 34.2 Å². The van der Waals surface area contributed by atoms with Gasteiger partial charge in [-0.1, -0.05) is 42.1 Å². The molecule has 1 fully saturated rings. The fourth-order valence-corrected chi connectivity index (χ4v) is 7.07. The fraction of sp³-hybridized carbons (Fsp3) is 0.480. The first-order chi connectivity index (χ1) is 16.0. The van der Waals surface area contributed by atoms with Gasteiger partial charge in [0.25, 0.3) is 5.56 Å². The third kappa shape index (κ3) is 4.61. The van der Waals surface area contributed by atoms with Crippen LogP contribution in [0, 0.1) is 0 Å². The number of hydrogen-bond donors (Lipinski definition) is 0. The molecule has 5 rings (SSSR count). The van der Waals surface area contributed by atoms with Crippen molar-refractivity contribution < 1.29 is 4.79 Å². The van der Waals surface area contributed by atoms with Crippen molar-refractivity contribution in [3.05, 3.63) is 56.7 Å². The van der Waals surface area contributed by atoms with Crippen LogP contribution >= 0.6 is 23.1 Å². The number of piperazine rings is 1. The first kappa shape index (κ1) is 22.6. The van der Waals surface area contributed by atoms with Crippen molar-refractivity contribution in [1.29, 1.82) is 0 Å². The molecule has 2 aromatic heterocycles. The standard InChI is InChI=1S/C25H30N4O2S2/c1-17(23(30)29-14-12-28(13-15-29)16-18-8-4-3-5-9-18)32-25-26-22-21(24(31)27(25)2)19-10-6-7-11-20(19)33-22/h3-5,8-9,17H,6-7,10-16H2,1-2H3. The van der Waals surface area contributed by atoms with E-state index in [-0.39, 0.29) is 16.7 Å². The molecule has 1 aliphatic heterocycles. The van der Waals surface area contributed by atoms with Gasteiger partial charge in [-0.15, -0.1) is 11.3 Å². The van der Waals surface area contributed by atoms with Gasteiger partial charge in [0, 0.05) is 44.6 Å². The summed E-state index contributed by atoms with van der Waals surface area (Å²) in [5.41, 5.74) is 2.54. The lowest BCUT2D eigenvalue weighted by Crippen LogP contribution is -2.50. The Hall–Kier alpha value is -2.16. The van der Waals surface area contributed by atoms with E-state index in [2.05, 4.69) is 29.2 Å². The minimum absolute atomic E-state index is 0.0241. The lowest BCUT2D eigenvalue weighted by molar-refractivity contribution is -0.132. The van der Waals surface area contributed by atoms with Crippen LogP contribution in [-0.2, 0) is 31.2 Å². The molecule has 2 aliphatic rings. The number of benzene rings is 1. The highest BCUT2D eigenvalue weighted by Crippen LogP contribution is 2.35. The van der Waals surface area contributed by atoms with E-state index in [0.717, 1.165) is 62.2 Å². The maximum Gasteiger partial charge on any atom is 0.262 e. The molecular formula is C25H30N4O2S2. The predicted molar refractivity (Wildman–Crippen MR) is 135 cm³/mol. The summed E-state index contributed by atoms with van der Waals surface area (Å²) in [7, 11) is 1.78. The van der Waals surface area contributed by atoms with Gasteiger partial charge in [0.1, 0.15) is 4.83 Å². The smallest absolute Gasteiger partial charge is 0.262 e. The zero-order chi connectivity index (χ0) is 22.9. The molecule has 0 spiro atoms. The highest BCUT2D eigenvalue weighted by molar-refractivity contribution is 8.00. The summed E-state index contributed by atoms with van der Waals surface area (Å²) in [5, 5.41) is 1.15. The molecule has 1 atom stereocenters. The van der Waals surface area contributed by atoms with Gasteiger partial charge in [-0.3, -0.25) is 19.1 Å². The highest BCUT2D eigenvalue weighted by Gasteiger charge is 2.28. The summed E-state index contributed by atoms with van der Waals surface area (Å²) >= 11 is 3.07. The van der Waals surface area contributed by atoms with Crippen molar-refractivity contribution in [2.45, 2.75) is 49.6 Å². The van der Waals surface area contributed by atoms with Gasteiger partial charge in [-0.05, 0) is 43.7 Å². The van der Waals surface area contributed by atoms with E-state index in [4.69, 9.17) is 4.98 Å². The van der Waals surface area contributed by atoms with Crippen LogP contribution in [0.3, 0.4) is 0 Å². The lowest BCUT2D eigenvalue weighted by Gasteiger charge is -2.35. The maximum absolute atomic E-state index is 13.2. The van der Waals surface area contributed by atoms with Crippen molar-refractivity contribution in [2.24, 2.45) is 7.05 Å². The molecule has 3 heterocycles. The second kappa shape index (κ2) is 9.60. The zero-order valence-electron chi connectivity index (χ0n) is 19.2. The first-order valence-electron chi connectivity index (χ1n) is 11.7. The Morgan fingerprint density at radius 3 is 2.61 bits per heavy atom. The Morgan fingerprint density at radius 1 is 1.12 bits per heavy atom. The highest BCUT2D eigenvalue weighted by atomic mass is 32.2. The predicted octanol–water partition coefficient (Wildman–Crippen LogP) is 3.70. The number of carbonyl (C=O) groups excluding carboxylic acids is 1. The lowest BCUT2D eigenvalue weighted by atomic mass is 9.97. The number of aryl methyl sites for hydroxylation is 2. The quantitative estimate of drug-likeness (QED) is 0.410. The summed E-state index contributed by atoms with van der Waals surface area (Å²) in [4.78, 5) is 37.6. The topological polar surface area (TPSA) is 58.4 Å². The van der Waals surface area contributed by atoms with Gasteiger partial charge in [0.15, 0.2) is 5.16 Å². The Labute approximate surface area is 202 Å². The number of rotatable bonds is 5. The summed E-state index contributed by atoms with van der Waals surface area (Å²) in [5.74, 6) is 0.124. The van der Waals surface area contributed by atoms with Crippen molar-refractivity contribution in [3.8, 4) is 0 Å². The number of nitrogens with zero attached hydrogens (tertiary/aromatic N) is 4. The second-order valence-corrected chi connectivity index (χ2v) is 11.4. The summed E-state index contributed by atoms with van der Waals surface area (Å²) < 4.78 is 1.64. The second-order valence-electron chi connectivity index (χ2n) is 9.00. The monoisotopic (exact) mass is 482 g/mol. The molecule has 174 valence electrons. The Kier molecular flexibility index (Phi) is 6.58. The molecule has 8 heteroatoms. The molecule has 0 saturated carbocycles. The van der Waals surface area contributed by atoms with Crippen LogP contribution < -0.4 is 5.56 Å². The minimum Gasteiger partial charge on any atom is -0.339 e. The molecule has 0 N–H and O–H groups in total. The van der Waals surface area contributed by atoms with E-state index >= 15 is 0 Å². The Morgan fingerprint density at radius 2 is 1.85 bits per heavy atom. The molecule has 0 radical (unpaired) electrons. The van der Waals surface area contributed by atoms with Crippen LogP contribution in [0.2, 0.25) is 0 Å². The summed E-state index contributed by atoms with van der Waals surface area (Å²) in [6, 6.07) is 10.5. The number of carbonyl (C=O) groups is 1. The number of fused-ring (bicyclic) bond motifs is 3. The summed E-state index contributed by atoms with van der Waals surface area (Å²) in [6.45, 7) is 6.07. The molecule has 33 heavy (non-hydrogen) atoms. The summed E-state index contributed by atoms with van der Waals surface area (Å²) in [6.07, 6.45) is 4.35. The van der Waals surface area contributed by atoms with E-state index in [1.54, 1.807) is 23.0 Å². The zero-order valence-corrected chi connectivity index (χ0v) is 20.9. The van der Waals surface area contributed by atoms with Gasteiger partial charge in [-0.2, -0.15) is 0 Å². The van der Waals surface area contributed by atoms with Crippen molar-refractivity contribution in [2.75, 3.05) is 26.2 Å². The molecule has 6 nitrogen and oxygen atoms in total. The average molecular weight is 483 g/mol. The largest absolute Gasteiger partial charge is 0.339 e. The van der Waals surface area contributed by atoms with Gasteiger partial charge in [0.05, 0.1) is 10.6 Å². The Balaban J connectivity index is 1.25. The van der Waals surface area contributed by atoms with Crippen molar-refractivity contribution in [1.82, 2.24) is 19.4 Å². The molecule has 1 aromatic carbocycles. The van der Waals surface area contributed by atoms with Crippen LogP contribution in [0.1, 0.15) is 35.8 Å². The molecule has 0 bridgehead atoms. The molecule has 3 aromatic rings. The number of aromatic nitrogens is 2. The van der Waals surface area contributed by atoms with Crippen molar-refractivity contribution >= 4 is 39.2 Å². The fourth-order valence-electron chi connectivity index (χ4n) is 4.81. The van der Waals surface area contributed by atoms with E-state index in [0.29, 0.717) is 5.16 Å². The molecule has 1 aliphatic carbocycles. The van der Waals surface area contributed by atoms with E-state index in [1.807, 2.05) is 17.9 Å². The normalized spacial score (nSPS) is 17.8. The number of hydrogen-bond acceptors (Lipinski definition) is 6. The molecule has 1 unspecified atom stereocenters. The van der Waals surface area contributed by atoms with E-state index < -0.39 is 0 Å². The SMILES string of the molecule is CC(Sc1nc2sc3c(c2c(=O)n1C)CCCC3)C(=O)N1CCN(Cc2ccccc2)CC1. The number of thioether (sulfide) groups is 1. The van der Waals surface area contributed by atoms with Crippen LogP contribution in [-0.4, -0.2) is 56.7 Å². The molecule has 1 amide bonds. The third-order valence-corrected chi connectivity index (χ3v) is 9.04. The Bertz CT molecular complexity index is 1210. The van der Waals surface area contributed by atoms with Crippen LogP contribution in [0.5, 0.6) is 0 Å². The number of amides is 1. The van der Waals surface area contributed by atoms with Gasteiger partial charge < -0.3 is 4.90 Å². The first-order valence-corrected chi connectivity index (χ1v) is 13.4.